The molecule has 2 aliphatic rings. The van der Waals surface area contributed by atoms with Crippen LogP contribution < -0.4 is 10.2 Å². The topological polar surface area (TPSA) is 92.8 Å². The summed E-state index contributed by atoms with van der Waals surface area (Å²) >= 11 is 0. The van der Waals surface area contributed by atoms with E-state index in [2.05, 4.69) is 5.32 Å². The Kier molecular flexibility index (Phi) is 5.80. The van der Waals surface area contributed by atoms with Crippen LogP contribution in [0.4, 0.5) is 5.69 Å². The van der Waals surface area contributed by atoms with E-state index < -0.39 is 41.2 Å². The molecule has 0 aromatic heterocycles. The summed E-state index contributed by atoms with van der Waals surface area (Å²) in [4.78, 5) is 54.8. The molecule has 3 aromatic rings. The van der Waals surface area contributed by atoms with E-state index in [0.717, 1.165) is 16.0 Å². The van der Waals surface area contributed by atoms with Crippen LogP contribution in [-0.4, -0.2) is 30.7 Å². The van der Waals surface area contributed by atoms with Gasteiger partial charge in [0.2, 0.25) is 11.8 Å². The normalized spacial score (nSPS) is 25.1. The highest BCUT2D eigenvalue weighted by Crippen LogP contribution is 2.54. The number of carbonyl (C=O) groups excluding carboxylic acids is 4. The zero-order valence-corrected chi connectivity index (χ0v) is 20.2. The Balaban J connectivity index is 1.74. The zero-order valence-electron chi connectivity index (χ0n) is 20.2. The maximum atomic E-state index is 14.1. The molecule has 5 rings (SSSR count). The summed E-state index contributed by atoms with van der Waals surface area (Å²) in [6, 6.07) is 22.3. The maximum absolute atomic E-state index is 14.1. The number of hydrogen-bond acceptors (Lipinski definition) is 6. The first kappa shape index (κ1) is 23.6. The Morgan fingerprint density at radius 3 is 2.28 bits per heavy atom. The number of anilines is 1. The van der Waals surface area contributed by atoms with Crippen LogP contribution in [0, 0.1) is 18.8 Å². The number of nitrogens with zero attached hydrogens (tertiary/aromatic N) is 1. The standard InChI is InChI=1S/C29H26N2O5/c1-17-10-7-8-15-22(17)25-23-24(29(30-25,28(35)36-3)20-12-5-4-6-13-20)27(34)31(26(23)33)21-14-9-11-19(16-21)18(2)32/h4-16,23-25,30H,1-3H3/t23-,24+,25-,29-/m1/s1. The van der Waals surface area contributed by atoms with Crippen molar-refractivity contribution in [1.29, 1.82) is 0 Å². The number of nitrogens with one attached hydrogen (secondary N) is 1. The molecular weight excluding hydrogens is 456 g/mol. The van der Waals surface area contributed by atoms with E-state index in [9.17, 15) is 19.2 Å². The number of esters is 1. The van der Waals surface area contributed by atoms with Crippen molar-refractivity contribution in [2.45, 2.75) is 25.4 Å². The van der Waals surface area contributed by atoms with E-state index in [1.165, 1.54) is 20.1 Å². The first-order chi connectivity index (χ1) is 17.3. The smallest absolute Gasteiger partial charge is 0.331 e. The molecule has 7 nitrogen and oxygen atoms in total. The van der Waals surface area contributed by atoms with Crippen LogP contribution >= 0.6 is 0 Å². The fraction of sp³-hybridized carbons (Fsp3) is 0.241. The molecule has 0 bridgehead atoms. The lowest BCUT2D eigenvalue weighted by molar-refractivity contribution is -0.152. The highest BCUT2D eigenvalue weighted by atomic mass is 16.5. The number of Topliss-reactive ketones (excluding diaryl/α,β-unsaturated/α-hetero) is 1. The van der Waals surface area contributed by atoms with Crippen molar-refractivity contribution in [3.63, 3.8) is 0 Å². The molecule has 0 spiro atoms. The molecule has 4 atom stereocenters. The third-order valence-corrected chi connectivity index (χ3v) is 7.33. The van der Waals surface area contributed by atoms with E-state index >= 15 is 0 Å². The molecule has 2 fully saturated rings. The lowest BCUT2D eigenvalue weighted by Gasteiger charge is -2.33. The molecule has 0 unspecified atom stereocenters. The first-order valence-electron chi connectivity index (χ1n) is 11.8. The van der Waals surface area contributed by atoms with Crippen molar-refractivity contribution < 1.29 is 23.9 Å². The number of rotatable bonds is 5. The highest BCUT2D eigenvalue weighted by Gasteiger charge is 2.69. The molecule has 7 heteroatoms. The van der Waals surface area contributed by atoms with Gasteiger partial charge in [0.05, 0.1) is 24.6 Å². The molecule has 3 aromatic carbocycles. The summed E-state index contributed by atoms with van der Waals surface area (Å²) in [7, 11) is 1.28. The lowest BCUT2D eigenvalue weighted by Crippen LogP contribution is -2.53. The number of ketones is 1. The number of ether oxygens (including phenoxy) is 1. The lowest BCUT2D eigenvalue weighted by atomic mass is 9.75. The Morgan fingerprint density at radius 1 is 0.917 bits per heavy atom. The zero-order chi connectivity index (χ0) is 25.6. The summed E-state index contributed by atoms with van der Waals surface area (Å²) in [5.74, 6) is -3.66. The van der Waals surface area contributed by atoms with Crippen molar-refractivity contribution >= 4 is 29.3 Å². The predicted octanol–water partition coefficient (Wildman–Crippen LogP) is 3.72. The van der Waals surface area contributed by atoms with Crippen LogP contribution in [0.2, 0.25) is 0 Å². The minimum absolute atomic E-state index is 0.177. The van der Waals surface area contributed by atoms with E-state index in [0.29, 0.717) is 16.8 Å². The van der Waals surface area contributed by atoms with Crippen LogP contribution in [0.3, 0.4) is 0 Å². The molecule has 2 heterocycles. The maximum Gasteiger partial charge on any atom is 0.331 e. The van der Waals surface area contributed by atoms with Crippen molar-refractivity contribution in [3.05, 3.63) is 101 Å². The van der Waals surface area contributed by atoms with E-state index in [1.807, 2.05) is 37.3 Å². The van der Waals surface area contributed by atoms with Crippen LogP contribution in [0.1, 0.15) is 40.0 Å². The molecule has 2 amide bonds. The van der Waals surface area contributed by atoms with E-state index in [-0.39, 0.29) is 5.78 Å². The second kappa shape index (κ2) is 8.84. The van der Waals surface area contributed by atoms with Crippen LogP contribution in [-0.2, 0) is 24.7 Å². The van der Waals surface area contributed by atoms with E-state index in [1.54, 1.807) is 42.5 Å². The molecule has 0 saturated carbocycles. The number of methoxy groups -OCH3 is 1. The van der Waals surface area contributed by atoms with Gasteiger partial charge in [0.15, 0.2) is 11.3 Å². The molecule has 182 valence electrons. The summed E-state index contributed by atoms with van der Waals surface area (Å²) in [6.45, 7) is 3.36. The van der Waals surface area contributed by atoms with Gasteiger partial charge < -0.3 is 4.74 Å². The van der Waals surface area contributed by atoms with Gasteiger partial charge in [0.25, 0.3) is 0 Å². The average Bonchev–Trinajstić information content (AvgIpc) is 3.38. The quantitative estimate of drug-likeness (QED) is 0.339. The van der Waals surface area contributed by atoms with Crippen LogP contribution in [0.15, 0.2) is 78.9 Å². The second-order valence-corrected chi connectivity index (χ2v) is 9.27. The Morgan fingerprint density at radius 2 is 1.61 bits per heavy atom. The predicted molar refractivity (Wildman–Crippen MR) is 133 cm³/mol. The van der Waals surface area contributed by atoms with Crippen LogP contribution in [0.5, 0.6) is 0 Å². The minimum Gasteiger partial charge on any atom is -0.467 e. The van der Waals surface area contributed by atoms with Gasteiger partial charge in [-0.2, -0.15) is 0 Å². The Bertz CT molecular complexity index is 1390. The number of imide groups is 1. The number of fused-ring (bicyclic) bond motifs is 1. The molecule has 0 radical (unpaired) electrons. The molecule has 0 aliphatic carbocycles. The summed E-state index contributed by atoms with van der Waals surface area (Å²) < 4.78 is 5.26. The number of carbonyl (C=O) groups is 4. The van der Waals surface area contributed by atoms with Gasteiger partial charge in [-0.15, -0.1) is 0 Å². The highest BCUT2D eigenvalue weighted by molar-refractivity contribution is 6.24. The SMILES string of the molecule is COC(=O)[C@]1(c2ccccc2)N[C@H](c2ccccc2C)[C@@H]2C(=O)N(c3cccc(C(C)=O)c3)C(=O)[C@H]21. The minimum atomic E-state index is -1.58. The van der Waals surface area contributed by atoms with Crippen molar-refractivity contribution in [2.24, 2.45) is 11.8 Å². The summed E-state index contributed by atoms with van der Waals surface area (Å²) in [6.07, 6.45) is 0. The molecule has 2 aliphatic heterocycles. The van der Waals surface area contributed by atoms with Crippen LogP contribution in [0.25, 0.3) is 0 Å². The van der Waals surface area contributed by atoms with Crippen molar-refractivity contribution in [2.75, 3.05) is 12.0 Å². The van der Waals surface area contributed by atoms with E-state index in [4.69, 9.17) is 4.74 Å². The molecule has 1 N–H and O–H groups in total. The van der Waals surface area contributed by atoms with Gasteiger partial charge in [-0.3, -0.25) is 19.7 Å². The second-order valence-electron chi connectivity index (χ2n) is 9.27. The van der Waals surface area contributed by atoms with Gasteiger partial charge in [0, 0.05) is 11.6 Å². The summed E-state index contributed by atoms with van der Waals surface area (Å²) in [5, 5.41) is 3.40. The average molecular weight is 483 g/mol. The fourth-order valence-electron chi connectivity index (χ4n) is 5.66. The Labute approximate surface area is 209 Å². The largest absolute Gasteiger partial charge is 0.467 e. The van der Waals surface area contributed by atoms with Gasteiger partial charge in [-0.25, -0.2) is 9.69 Å². The number of hydrogen-bond donors (Lipinski definition) is 1. The summed E-state index contributed by atoms with van der Waals surface area (Å²) in [5.41, 5.74) is 1.43. The third-order valence-electron chi connectivity index (χ3n) is 7.33. The molecular formula is C29H26N2O5. The monoisotopic (exact) mass is 482 g/mol. The molecule has 2 saturated heterocycles. The number of aryl methyl sites for hydroxylation is 1. The Hall–Kier alpha value is -4.10. The van der Waals surface area contributed by atoms with Gasteiger partial charge >= 0.3 is 5.97 Å². The third kappa shape index (κ3) is 3.38. The first-order valence-corrected chi connectivity index (χ1v) is 11.8. The van der Waals surface area contributed by atoms with Gasteiger partial charge in [-0.1, -0.05) is 66.7 Å². The van der Waals surface area contributed by atoms with Gasteiger partial charge in [-0.05, 0) is 42.7 Å². The number of benzene rings is 3. The van der Waals surface area contributed by atoms with Crippen molar-refractivity contribution in [1.82, 2.24) is 5.32 Å². The van der Waals surface area contributed by atoms with Gasteiger partial charge in [0.1, 0.15) is 0 Å². The molecule has 36 heavy (non-hydrogen) atoms. The number of amides is 2. The fourth-order valence-corrected chi connectivity index (χ4v) is 5.66. The van der Waals surface area contributed by atoms with Crippen molar-refractivity contribution in [3.8, 4) is 0 Å².